The van der Waals surface area contributed by atoms with Crippen LogP contribution in [0.15, 0.2) is 48.0 Å². The second-order valence-electron chi connectivity index (χ2n) is 7.25. The smallest absolute Gasteiger partial charge is 0.267 e. The van der Waals surface area contributed by atoms with Gasteiger partial charge in [0.15, 0.2) is 0 Å². The molecule has 7 heteroatoms. The zero-order valence-electron chi connectivity index (χ0n) is 16.3. The standard InChI is InChI=1S/C22H23N3O2S2/c1-25(17-6-3-2-4-7-17)22(27)15-9-11-16(12-10-15)24-20(26)19-14-23-21(29-19)18-8-5-13-28-18/h5,8-14,17H,2-4,6-7H2,1H3,(H,24,26). The zero-order chi connectivity index (χ0) is 20.2. The molecule has 0 spiro atoms. The number of aromatic nitrogens is 1. The van der Waals surface area contributed by atoms with Gasteiger partial charge in [-0.05, 0) is 48.6 Å². The molecule has 0 unspecified atom stereocenters. The van der Waals surface area contributed by atoms with Gasteiger partial charge in [-0.2, -0.15) is 0 Å². The van der Waals surface area contributed by atoms with Gasteiger partial charge in [-0.25, -0.2) is 4.98 Å². The molecular weight excluding hydrogens is 402 g/mol. The van der Waals surface area contributed by atoms with Crippen LogP contribution < -0.4 is 5.32 Å². The van der Waals surface area contributed by atoms with Gasteiger partial charge in [-0.1, -0.05) is 25.3 Å². The lowest BCUT2D eigenvalue weighted by molar-refractivity contribution is 0.0696. The fraction of sp³-hybridized carbons (Fsp3) is 0.318. The molecule has 29 heavy (non-hydrogen) atoms. The van der Waals surface area contributed by atoms with Crippen molar-refractivity contribution >= 4 is 40.2 Å². The molecule has 0 atom stereocenters. The van der Waals surface area contributed by atoms with Crippen LogP contribution in [0, 0.1) is 0 Å². The fourth-order valence-electron chi connectivity index (χ4n) is 3.62. The van der Waals surface area contributed by atoms with Crippen molar-refractivity contribution in [2.75, 3.05) is 12.4 Å². The lowest BCUT2D eigenvalue weighted by Crippen LogP contribution is -2.38. The first-order valence-corrected chi connectivity index (χ1v) is 11.5. The summed E-state index contributed by atoms with van der Waals surface area (Å²) in [5, 5.41) is 5.72. The molecule has 0 saturated heterocycles. The van der Waals surface area contributed by atoms with Gasteiger partial charge in [0.25, 0.3) is 11.8 Å². The van der Waals surface area contributed by atoms with Crippen molar-refractivity contribution in [2.45, 2.75) is 38.1 Å². The highest BCUT2D eigenvalue weighted by molar-refractivity contribution is 7.22. The number of benzene rings is 1. The van der Waals surface area contributed by atoms with E-state index in [4.69, 9.17) is 0 Å². The molecule has 1 aliphatic rings. The van der Waals surface area contributed by atoms with Gasteiger partial charge in [-0.3, -0.25) is 9.59 Å². The van der Waals surface area contributed by atoms with E-state index < -0.39 is 0 Å². The van der Waals surface area contributed by atoms with Crippen LogP contribution in [0.1, 0.15) is 52.1 Å². The Morgan fingerprint density at radius 3 is 2.55 bits per heavy atom. The maximum absolute atomic E-state index is 12.7. The minimum atomic E-state index is -0.191. The summed E-state index contributed by atoms with van der Waals surface area (Å²) in [6, 6.07) is 11.4. The first-order chi connectivity index (χ1) is 14.1. The molecule has 2 heterocycles. The molecule has 3 aromatic rings. The molecule has 2 aromatic heterocycles. The van der Waals surface area contributed by atoms with Crippen molar-refractivity contribution in [1.82, 2.24) is 9.88 Å². The third-order valence-corrected chi connectivity index (χ3v) is 7.33. The van der Waals surface area contributed by atoms with E-state index >= 15 is 0 Å². The number of carbonyl (C=O) groups is 2. The molecule has 1 N–H and O–H groups in total. The van der Waals surface area contributed by atoms with Gasteiger partial charge in [-0.15, -0.1) is 22.7 Å². The van der Waals surface area contributed by atoms with E-state index in [1.165, 1.54) is 30.6 Å². The summed E-state index contributed by atoms with van der Waals surface area (Å²) in [7, 11) is 1.89. The van der Waals surface area contributed by atoms with E-state index in [1.807, 2.05) is 29.5 Å². The number of thiophene rings is 1. The van der Waals surface area contributed by atoms with Crippen molar-refractivity contribution in [3.05, 3.63) is 58.4 Å². The maximum Gasteiger partial charge on any atom is 0.267 e. The van der Waals surface area contributed by atoms with Crippen molar-refractivity contribution < 1.29 is 9.59 Å². The van der Waals surface area contributed by atoms with Crippen LogP contribution in [0.4, 0.5) is 5.69 Å². The monoisotopic (exact) mass is 425 g/mol. The Balaban J connectivity index is 1.39. The normalized spacial score (nSPS) is 14.5. The average molecular weight is 426 g/mol. The Kier molecular flexibility index (Phi) is 6.06. The van der Waals surface area contributed by atoms with E-state index in [1.54, 1.807) is 41.8 Å². The van der Waals surface area contributed by atoms with Crippen LogP contribution in [-0.4, -0.2) is 34.8 Å². The number of thiazole rings is 1. The molecule has 4 rings (SSSR count). The molecule has 0 aliphatic heterocycles. The van der Waals surface area contributed by atoms with Gasteiger partial charge in [0.2, 0.25) is 0 Å². The number of hydrogen-bond acceptors (Lipinski definition) is 5. The zero-order valence-corrected chi connectivity index (χ0v) is 17.9. The van der Waals surface area contributed by atoms with Crippen molar-refractivity contribution in [3.63, 3.8) is 0 Å². The van der Waals surface area contributed by atoms with Crippen molar-refractivity contribution in [2.24, 2.45) is 0 Å². The molecule has 1 aliphatic carbocycles. The Morgan fingerprint density at radius 1 is 1.10 bits per heavy atom. The molecule has 1 saturated carbocycles. The lowest BCUT2D eigenvalue weighted by Gasteiger charge is -2.31. The number of nitrogens with zero attached hydrogens (tertiary/aromatic N) is 2. The highest BCUT2D eigenvalue weighted by atomic mass is 32.1. The Hall–Kier alpha value is -2.51. The molecular formula is C22H23N3O2S2. The van der Waals surface area contributed by atoms with Gasteiger partial charge < -0.3 is 10.2 Å². The Morgan fingerprint density at radius 2 is 1.86 bits per heavy atom. The number of hydrogen-bond donors (Lipinski definition) is 1. The summed E-state index contributed by atoms with van der Waals surface area (Å²) in [4.78, 5) is 33.1. The van der Waals surface area contributed by atoms with Crippen molar-refractivity contribution in [1.29, 1.82) is 0 Å². The first-order valence-electron chi connectivity index (χ1n) is 9.80. The topological polar surface area (TPSA) is 62.3 Å². The van der Waals surface area contributed by atoms with Crippen LogP contribution in [0.5, 0.6) is 0 Å². The van der Waals surface area contributed by atoms with E-state index in [0.29, 0.717) is 22.2 Å². The second-order valence-corrected chi connectivity index (χ2v) is 9.22. The summed E-state index contributed by atoms with van der Waals surface area (Å²) in [5.41, 5.74) is 1.31. The van der Waals surface area contributed by atoms with Crippen molar-refractivity contribution in [3.8, 4) is 9.88 Å². The largest absolute Gasteiger partial charge is 0.339 e. The summed E-state index contributed by atoms with van der Waals surface area (Å²) < 4.78 is 0. The Labute approximate surface area is 178 Å². The third kappa shape index (κ3) is 4.57. The van der Waals surface area contributed by atoms with E-state index in [2.05, 4.69) is 10.3 Å². The van der Waals surface area contributed by atoms with Crippen LogP contribution in [0.3, 0.4) is 0 Å². The lowest BCUT2D eigenvalue weighted by atomic mass is 9.94. The molecule has 0 radical (unpaired) electrons. The van der Waals surface area contributed by atoms with E-state index in [9.17, 15) is 9.59 Å². The van der Waals surface area contributed by atoms with Gasteiger partial charge >= 0.3 is 0 Å². The summed E-state index contributed by atoms with van der Waals surface area (Å²) in [6.45, 7) is 0. The van der Waals surface area contributed by atoms with Crippen LogP contribution >= 0.6 is 22.7 Å². The molecule has 1 fully saturated rings. The third-order valence-electron chi connectivity index (χ3n) is 5.29. The number of nitrogens with one attached hydrogen (secondary N) is 1. The minimum Gasteiger partial charge on any atom is -0.339 e. The molecule has 0 bridgehead atoms. The summed E-state index contributed by atoms with van der Waals surface area (Å²) in [6.07, 6.45) is 7.42. The van der Waals surface area contributed by atoms with Crippen LogP contribution in [0.2, 0.25) is 0 Å². The first kappa shape index (κ1) is 19.8. The number of amides is 2. The predicted octanol–water partition coefficient (Wildman–Crippen LogP) is 5.53. The average Bonchev–Trinajstić information content (AvgIpc) is 3.46. The fourth-order valence-corrected chi connectivity index (χ4v) is 5.24. The van der Waals surface area contributed by atoms with Gasteiger partial charge in [0.05, 0.1) is 11.1 Å². The quantitative estimate of drug-likeness (QED) is 0.585. The van der Waals surface area contributed by atoms with E-state index in [-0.39, 0.29) is 11.8 Å². The molecule has 5 nitrogen and oxygen atoms in total. The van der Waals surface area contributed by atoms with Gasteiger partial charge in [0, 0.05) is 24.3 Å². The van der Waals surface area contributed by atoms with Gasteiger partial charge in [0.1, 0.15) is 9.88 Å². The Bertz CT molecular complexity index is 974. The minimum absolute atomic E-state index is 0.0397. The molecule has 2 amide bonds. The second kappa shape index (κ2) is 8.88. The van der Waals surface area contributed by atoms with Crippen LogP contribution in [-0.2, 0) is 0 Å². The highest BCUT2D eigenvalue weighted by Gasteiger charge is 2.23. The number of rotatable bonds is 5. The number of carbonyl (C=O) groups excluding carboxylic acids is 2. The maximum atomic E-state index is 12.7. The van der Waals surface area contributed by atoms with E-state index in [0.717, 1.165) is 22.7 Å². The molecule has 1 aromatic carbocycles. The molecule has 150 valence electrons. The summed E-state index contributed by atoms with van der Waals surface area (Å²) in [5.74, 6) is -0.151. The predicted molar refractivity (Wildman–Crippen MR) is 119 cm³/mol. The SMILES string of the molecule is CN(C(=O)c1ccc(NC(=O)c2cnc(-c3cccs3)s2)cc1)C1CCCCC1. The number of anilines is 1. The highest BCUT2D eigenvalue weighted by Crippen LogP contribution is 2.29. The summed E-state index contributed by atoms with van der Waals surface area (Å²) >= 11 is 2.97. The van der Waals surface area contributed by atoms with Crippen LogP contribution in [0.25, 0.3) is 9.88 Å².